The maximum atomic E-state index is 12.4. The minimum absolute atomic E-state index is 0.309. The molecule has 2 heterocycles. The molecule has 5 nitrogen and oxygen atoms in total. The second kappa shape index (κ2) is 8.37. The summed E-state index contributed by atoms with van der Waals surface area (Å²) in [4.78, 5) is 28.5. The lowest BCUT2D eigenvalue weighted by atomic mass is 9.98. The summed E-state index contributed by atoms with van der Waals surface area (Å²) in [5.74, 6) is -0.598. The van der Waals surface area contributed by atoms with Gasteiger partial charge in [-0.3, -0.25) is 9.69 Å². The molecule has 2 fully saturated rings. The van der Waals surface area contributed by atoms with E-state index in [9.17, 15) is 14.7 Å². The largest absolute Gasteiger partial charge is 0.478 e. The van der Waals surface area contributed by atoms with Gasteiger partial charge in [0.15, 0.2) is 0 Å². The highest BCUT2D eigenvalue weighted by Crippen LogP contribution is 2.32. The van der Waals surface area contributed by atoms with Crippen LogP contribution in [0.4, 0.5) is 0 Å². The summed E-state index contributed by atoms with van der Waals surface area (Å²) in [5.41, 5.74) is 3.21. The summed E-state index contributed by atoms with van der Waals surface area (Å²) in [6.45, 7) is 4.76. The molecule has 0 aliphatic carbocycles. The van der Waals surface area contributed by atoms with E-state index in [0.29, 0.717) is 30.0 Å². The molecule has 2 aliphatic rings. The van der Waals surface area contributed by atoms with Crippen LogP contribution in [0.25, 0.3) is 11.1 Å². The summed E-state index contributed by atoms with van der Waals surface area (Å²) < 4.78 is 0. The molecule has 2 atom stereocenters. The van der Waals surface area contributed by atoms with Gasteiger partial charge in [0.05, 0.1) is 5.56 Å². The van der Waals surface area contributed by atoms with Crippen LogP contribution in [0, 0.1) is 0 Å². The zero-order chi connectivity index (χ0) is 20.4. The number of nitrogens with zero attached hydrogens (tertiary/aromatic N) is 2. The van der Waals surface area contributed by atoms with Crippen molar-refractivity contribution >= 4 is 11.9 Å². The van der Waals surface area contributed by atoms with Crippen LogP contribution in [0.2, 0.25) is 0 Å². The number of carboxylic acids is 1. The van der Waals surface area contributed by atoms with Crippen LogP contribution in [0.15, 0.2) is 48.5 Å². The van der Waals surface area contributed by atoms with E-state index < -0.39 is 5.97 Å². The quantitative estimate of drug-likeness (QED) is 0.835. The lowest BCUT2D eigenvalue weighted by Gasteiger charge is -2.32. The summed E-state index contributed by atoms with van der Waals surface area (Å²) in [6.07, 6.45) is 3.77. The van der Waals surface area contributed by atoms with Crippen molar-refractivity contribution in [3.05, 3.63) is 59.7 Å². The Labute approximate surface area is 171 Å². The molecular formula is C24H28N2O3. The van der Waals surface area contributed by atoms with Gasteiger partial charge in [0.1, 0.15) is 0 Å². The first-order chi connectivity index (χ1) is 14.1. The van der Waals surface area contributed by atoms with Crippen molar-refractivity contribution in [1.82, 2.24) is 9.80 Å². The first-order valence-electron chi connectivity index (χ1n) is 10.5. The van der Waals surface area contributed by atoms with Gasteiger partial charge in [-0.2, -0.15) is 0 Å². The monoisotopic (exact) mass is 392 g/mol. The Morgan fingerprint density at radius 1 is 1.07 bits per heavy atom. The van der Waals surface area contributed by atoms with Gasteiger partial charge in [0.25, 0.3) is 0 Å². The van der Waals surface area contributed by atoms with Crippen molar-refractivity contribution in [3.8, 4) is 11.1 Å². The molecule has 0 radical (unpaired) electrons. The Hall–Kier alpha value is -2.66. The molecule has 1 amide bonds. The number of hydrogen-bond donors (Lipinski definition) is 1. The van der Waals surface area contributed by atoms with E-state index in [1.54, 1.807) is 12.1 Å². The number of carbonyl (C=O) groups excluding carboxylic acids is 1. The van der Waals surface area contributed by atoms with E-state index >= 15 is 0 Å². The van der Waals surface area contributed by atoms with E-state index in [-0.39, 0.29) is 0 Å². The lowest BCUT2D eigenvalue weighted by molar-refractivity contribution is -0.132. The first kappa shape index (κ1) is 19.6. The first-order valence-corrected chi connectivity index (χ1v) is 10.5. The fourth-order valence-corrected chi connectivity index (χ4v) is 4.98. The fourth-order valence-electron chi connectivity index (χ4n) is 4.98. The predicted molar refractivity (Wildman–Crippen MR) is 113 cm³/mol. The van der Waals surface area contributed by atoms with Gasteiger partial charge in [-0.1, -0.05) is 42.5 Å². The Kier molecular flexibility index (Phi) is 5.67. The topological polar surface area (TPSA) is 60.9 Å². The van der Waals surface area contributed by atoms with Crippen LogP contribution in [-0.2, 0) is 11.3 Å². The molecule has 0 bridgehead atoms. The van der Waals surface area contributed by atoms with Crippen LogP contribution in [0.1, 0.15) is 48.5 Å². The molecule has 1 N–H and O–H groups in total. The number of likely N-dealkylation sites (tertiary alicyclic amines) is 2. The summed E-state index contributed by atoms with van der Waals surface area (Å²) >= 11 is 0. The maximum Gasteiger partial charge on any atom is 0.336 e. The molecule has 0 aromatic heterocycles. The van der Waals surface area contributed by atoms with Gasteiger partial charge in [-0.25, -0.2) is 4.79 Å². The number of fused-ring (bicyclic) bond motifs is 1. The predicted octanol–water partition coefficient (Wildman–Crippen LogP) is 4.03. The molecule has 152 valence electrons. The minimum Gasteiger partial charge on any atom is -0.478 e. The Bertz CT molecular complexity index is 893. The van der Waals surface area contributed by atoms with Gasteiger partial charge in [-0.05, 0) is 48.9 Å². The zero-order valence-electron chi connectivity index (χ0n) is 16.9. The average molecular weight is 392 g/mol. The summed E-state index contributed by atoms with van der Waals surface area (Å²) in [6, 6.07) is 16.1. The number of benzene rings is 2. The van der Waals surface area contributed by atoms with E-state index in [2.05, 4.69) is 28.9 Å². The third-order valence-corrected chi connectivity index (χ3v) is 6.39. The second-order valence-electron chi connectivity index (χ2n) is 8.01. The van der Waals surface area contributed by atoms with Crippen molar-refractivity contribution in [2.45, 2.75) is 51.2 Å². The standard InChI is InChI=1S/C24H28N2O3/c1-2-26-22-14-15-25(21(22)8-5-9-23(26)27)16-17-10-12-18(13-11-17)19-6-3-4-7-20(19)24(28)29/h3-4,6-7,10-13,21-22H,2,5,8-9,14-16H2,1H3,(H,28,29)/t21-,22-/m0/s1. The molecule has 2 saturated heterocycles. The van der Waals surface area contributed by atoms with Crippen LogP contribution in [0.5, 0.6) is 0 Å². The highest BCUT2D eigenvalue weighted by molar-refractivity contribution is 5.95. The second-order valence-corrected chi connectivity index (χ2v) is 8.01. The van der Waals surface area contributed by atoms with Crippen LogP contribution in [0.3, 0.4) is 0 Å². The Morgan fingerprint density at radius 2 is 1.83 bits per heavy atom. The van der Waals surface area contributed by atoms with E-state index in [4.69, 9.17) is 0 Å². The fraction of sp³-hybridized carbons (Fsp3) is 0.417. The van der Waals surface area contributed by atoms with Crippen molar-refractivity contribution in [3.63, 3.8) is 0 Å². The molecule has 0 unspecified atom stereocenters. The smallest absolute Gasteiger partial charge is 0.336 e. The maximum absolute atomic E-state index is 12.4. The van der Waals surface area contributed by atoms with Gasteiger partial charge in [-0.15, -0.1) is 0 Å². The van der Waals surface area contributed by atoms with E-state index in [1.165, 1.54) is 5.56 Å². The minimum atomic E-state index is -0.906. The molecular weight excluding hydrogens is 364 g/mol. The van der Waals surface area contributed by atoms with Crippen molar-refractivity contribution < 1.29 is 14.7 Å². The van der Waals surface area contributed by atoms with E-state index in [1.807, 2.05) is 24.3 Å². The zero-order valence-corrected chi connectivity index (χ0v) is 16.9. The third kappa shape index (κ3) is 3.92. The Balaban J connectivity index is 1.50. The number of carboxylic acid groups (broad SMARTS) is 1. The number of likely N-dealkylation sites (N-methyl/N-ethyl adjacent to an activating group) is 1. The van der Waals surface area contributed by atoms with Crippen molar-refractivity contribution in [2.24, 2.45) is 0 Å². The number of hydrogen-bond acceptors (Lipinski definition) is 3. The number of rotatable bonds is 5. The highest BCUT2D eigenvalue weighted by Gasteiger charge is 2.40. The molecule has 0 spiro atoms. The molecule has 0 saturated carbocycles. The molecule has 4 rings (SSSR count). The highest BCUT2D eigenvalue weighted by atomic mass is 16.4. The lowest BCUT2D eigenvalue weighted by Crippen LogP contribution is -2.45. The van der Waals surface area contributed by atoms with E-state index in [0.717, 1.165) is 50.0 Å². The summed E-state index contributed by atoms with van der Waals surface area (Å²) in [7, 11) is 0. The van der Waals surface area contributed by atoms with Gasteiger partial charge in [0.2, 0.25) is 5.91 Å². The van der Waals surface area contributed by atoms with Crippen LogP contribution in [-0.4, -0.2) is 52.0 Å². The number of aromatic carboxylic acids is 1. The average Bonchev–Trinajstić information content (AvgIpc) is 3.03. The van der Waals surface area contributed by atoms with Gasteiger partial charge in [0, 0.05) is 38.1 Å². The summed E-state index contributed by atoms with van der Waals surface area (Å²) in [5, 5.41) is 9.43. The molecule has 29 heavy (non-hydrogen) atoms. The van der Waals surface area contributed by atoms with Crippen LogP contribution >= 0.6 is 0 Å². The Morgan fingerprint density at radius 3 is 2.55 bits per heavy atom. The van der Waals surface area contributed by atoms with Crippen molar-refractivity contribution in [1.29, 1.82) is 0 Å². The SMILES string of the molecule is CCN1C(=O)CCC[C@H]2[C@@H]1CCN2Cc1ccc(-c2ccccc2C(=O)O)cc1. The number of amides is 1. The molecule has 2 aromatic rings. The molecule has 2 aliphatic heterocycles. The van der Waals surface area contributed by atoms with Crippen molar-refractivity contribution in [2.75, 3.05) is 13.1 Å². The molecule has 2 aromatic carbocycles. The van der Waals surface area contributed by atoms with Gasteiger partial charge < -0.3 is 10.0 Å². The normalized spacial score (nSPS) is 22.4. The van der Waals surface area contributed by atoms with Crippen LogP contribution < -0.4 is 0 Å². The third-order valence-electron chi connectivity index (χ3n) is 6.39. The van der Waals surface area contributed by atoms with Gasteiger partial charge >= 0.3 is 5.97 Å². The number of carbonyl (C=O) groups is 2. The molecule has 5 heteroatoms.